The fourth-order valence-electron chi connectivity index (χ4n) is 1.78. The van der Waals surface area contributed by atoms with Crippen molar-refractivity contribution in [2.75, 3.05) is 0 Å². The lowest BCUT2D eigenvalue weighted by Crippen LogP contribution is -2.46. The summed E-state index contributed by atoms with van der Waals surface area (Å²) in [6.07, 6.45) is 8.51. The van der Waals surface area contributed by atoms with Crippen molar-refractivity contribution >= 4 is 5.96 Å². The minimum Gasteiger partial charge on any atom is -0.353 e. The summed E-state index contributed by atoms with van der Waals surface area (Å²) in [5.74, 6) is 6.25. The number of hydrogen-bond acceptors (Lipinski definition) is 2. The molecule has 0 aromatic rings. The van der Waals surface area contributed by atoms with Gasteiger partial charge < -0.3 is 5.32 Å². The summed E-state index contributed by atoms with van der Waals surface area (Å²) in [7, 11) is 0. The fourth-order valence-corrected chi connectivity index (χ4v) is 1.78. The van der Waals surface area contributed by atoms with E-state index in [0.717, 1.165) is 5.96 Å². The lowest BCUT2D eigenvalue weighted by Gasteiger charge is -2.20. The van der Waals surface area contributed by atoms with Gasteiger partial charge in [0.25, 0.3) is 0 Å². The van der Waals surface area contributed by atoms with Crippen molar-refractivity contribution < 1.29 is 0 Å². The summed E-state index contributed by atoms with van der Waals surface area (Å²) in [5, 5.41) is 3.42. The molecule has 0 amide bonds. The number of aliphatic imine (C=N–C) groups is 1. The molecule has 1 aliphatic rings. The second-order valence-corrected chi connectivity index (χ2v) is 4.63. The molecule has 16 heavy (non-hydrogen) atoms. The third kappa shape index (κ3) is 5.35. The zero-order valence-electron chi connectivity index (χ0n) is 10.6. The molecular weight excluding hydrogens is 200 g/mol. The van der Waals surface area contributed by atoms with Crippen molar-refractivity contribution in [3.8, 4) is 0 Å². The van der Waals surface area contributed by atoms with Gasteiger partial charge in [-0.2, -0.15) is 0 Å². The molecule has 4 heteroatoms. The van der Waals surface area contributed by atoms with Crippen LogP contribution in [0.15, 0.2) is 4.99 Å². The maximum absolute atomic E-state index is 5.48. The molecule has 0 aliphatic heterocycles. The van der Waals surface area contributed by atoms with Crippen LogP contribution in [-0.2, 0) is 0 Å². The summed E-state index contributed by atoms with van der Waals surface area (Å²) in [4.78, 5) is 4.51. The molecule has 1 aliphatic carbocycles. The molecule has 0 radical (unpaired) electrons. The van der Waals surface area contributed by atoms with Gasteiger partial charge in [-0.15, -0.1) is 0 Å². The Morgan fingerprint density at radius 1 is 1.31 bits per heavy atom. The Balaban J connectivity index is 2.36. The van der Waals surface area contributed by atoms with Crippen molar-refractivity contribution in [3.05, 3.63) is 0 Å². The van der Waals surface area contributed by atoms with Gasteiger partial charge in [-0.1, -0.05) is 33.1 Å². The van der Waals surface area contributed by atoms with E-state index in [4.69, 9.17) is 5.84 Å². The van der Waals surface area contributed by atoms with E-state index in [0.29, 0.717) is 12.1 Å². The molecule has 1 saturated carbocycles. The Morgan fingerprint density at radius 2 is 2.06 bits per heavy atom. The van der Waals surface area contributed by atoms with Crippen LogP contribution in [0.2, 0.25) is 0 Å². The maximum atomic E-state index is 5.48. The number of nitrogens with two attached hydrogens (primary N) is 1. The zero-order chi connectivity index (χ0) is 11.8. The van der Waals surface area contributed by atoms with E-state index in [-0.39, 0.29) is 0 Å². The minimum atomic E-state index is 0.506. The normalized spacial score (nSPS) is 18.3. The number of hydrogen-bond donors (Lipinski definition) is 3. The highest BCUT2D eigenvalue weighted by Gasteiger charge is 2.21. The van der Waals surface area contributed by atoms with Crippen molar-refractivity contribution in [3.63, 3.8) is 0 Å². The Kier molecular flexibility index (Phi) is 6.23. The Morgan fingerprint density at radius 3 is 2.56 bits per heavy atom. The second-order valence-electron chi connectivity index (χ2n) is 4.63. The third-order valence-electron chi connectivity index (χ3n) is 2.88. The summed E-state index contributed by atoms with van der Waals surface area (Å²) in [5.41, 5.74) is 2.68. The highest BCUT2D eigenvalue weighted by Crippen LogP contribution is 2.23. The minimum absolute atomic E-state index is 0.506. The number of guanidine groups is 1. The highest BCUT2D eigenvalue weighted by atomic mass is 15.3. The van der Waals surface area contributed by atoms with Gasteiger partial charge in [0, 0.05) is 6.04 Å². The van der Waals surface area contributed by atoms with Crippen LogP contribution in [0, 0.1) is 0 Å². The van der Waals surface area contributed by atoms with Gasteiger partial charge in [0.2, 0.25) is 5.96 Å². The molecule has 1 atom stereocenters. The highest BCUT2D eigenvalue weighted by molar-refractivity contribution is 5.79. The van der Waals surface area contributed by atoms with Crippen LogP contribution >= 0.6 is 0 Å². The van der Waals surface area contributed by atoms with E-state index >= 15 is 0 Å². The van der Waals surface area contributed by atoms with Gasteiger partial charge in [0.1, 0.15) is 0 Å². The van der Waals surface area contributed by atoms with E-state index in [1.807, 2.05) is 0 Å². The lowest BCUT2D eigenvalue weighted by atomic mass is 10.1. The first kappa shape index (κ1) is 13.3. The molecule has 0 bridgehead atoms. The molecule has 0 spiro atoms. The van der Waals surface area contributed by atoms with Crippen molar-refractivity contribution in [2.45, 2.75) is 70.9 Å². The van der Waals surface area contributed by atoms with Crippen LogP contribution in [0.25, 0.3) is 0 Å². The summed E-state index contributed by atoms with van der Waals surface area (Å²) >= 11 is 0. The maximum Gasteiger partial charge on any atom is 0.206 e. The smallest absolute Gasteiger partial charge is 0.206 e. The Labute approximate surface area is 99.1 Å². The predicted molar refractivity (Wildman–Crippen MR) is 69.1 cm³/mol. The van der Waals surface area contributed by atoms with Gasteiger partial charge in [-0.05, 0) is 25.7 Å². The molecule has 0 saturated heterocycles. The number of rotatable bonds is 7. The molecule has 1 fully saturated rings. The molecule has 4 nitrogen and oxygen atoms in total. The largest absolute Gasteiger partial charge is 0.353 e. The molecule has 94 valence electrons. The van der Waals surface area contributed by atoms with Crippen LogP contribution in [-0.4, -0.2) is 18.0 Å². The van der Waals surface area contributed by atoms with E-state index in [9.17, 15) is 0 Å². The van der Waals surface area contributed by atoms with E-state index < -0.39 is 0 Å². The molecule has 0 aromatic heterocycles. The van der Waals surface area contributed by atoms with Gasteiger partial charge >= 0.3 is 0 Å². The van der Waals surface area contributed by atoms with Crippen LogP contribution < -0.4 is 16.6 Å². The topological polar surface area (TPSA) is 62.4 Å². The Bertz CT molecular complexity index is 211. The number of unbranched alkanes of at least 4 members (excludes halogenated alkanes) is 1. The Hall–Kier alpha value is -0.770. The van der Waals surface area contributed by atoms with E-state index in [2.05, 4.69) is 29.6 Å². The SMILES string of the molecule is CCCCC(CCC)NC(=NC1CC1)NN. The predicted octanol–water partition coefficient (Wildman–Crippen LogP) is 1.92. The van der Waals surface area contributed by atoms with Crippen molar-refractivity contribution in [1.82, 2.24) is 10.7 Å². The van der Waals surface area contributed by atoms with Gasteiger partial charge in [0.05, 0.1) is 6.04 Å². The van der Waals surface area contributed by atoms with Crippen LogP contribution in [0.5, 0.6) is 0 Å². The third-order valence-corrected chi connectivity index (χ3v) is 2.88. The van der Waals surface area contributed by atoms with E-state index in [1.54, 1.807) is 0 Å². The first-order valence-electron chi connectivity index (χ1n) is 6.61. The van der Waals surface area contributed by atoms with Gasteiger partial charge in [-0.25, -0.2) is 10.8 Å². The monoisotopic (exact) mass is 226 g/mol. The number of hydrazine groups is 1. The average molecular weight is 226 g/mol. The summed E-state index contributed by atoms with van der Waals surface area (Å²) < 4.78 is 0. The average Bonchev–Trinajstić information content (AvgIpc) is 3.09. The van der Waals surface area contributed by atoms with Crippen LogP contribution in [0.4, 0.5) is 0 Å². The van der Waals surface area contributed by atoms with Gasteiger partial charge in [-0.3, -0.25) is 5.43 Å². The number of nitrogens with one attached hydrogen (secondary N) is 2. The van der Waals surface area contributed by atoms with Crippen molar-refractivity contribution in [1.29, 1.82) is 0 Å². The van der Waals surface area contributed by atoms with Crippen molar-refractivity contribution in [2.24, 2.45) is 10.8 Å². The molecule has 0 heterocycles. The summed E-state index contributed by atoms with van der Waals surface area (Å²) in [6.45, 7) is 4.44. The van der Waals surface area contributed by atoms with E-state index in [1.165, 1.54) is 44.9 Å². The summed E-state index contributed by atoms with van der Waals surface area (Å²) in [6, 6.07) is 1.02. The number of nitrogens with zero attached hydrogens (tertiary/aromatic N) is 1. The first-order valence-corrected chi connectivity index (χ1v) is 6.61. The first-order chi connectivity index (χ1) is 7.80. The fraction of sp³-hybridized carbons (Fsp3) is 0.917. The van der Waals surface area contributed by atoms with Crippen LogP contribution in [0.3, 0.4) is 0 Å². The molecular formula is C12H26N4. The van der Waals surface area contributed by atoms with Crippen LogP contribution in [0.1, 0.15) is 58.8 Å². The second kappa shape index (κ2) is 7.49. The molecule has 0 aromatic carbocycles. The molecule has 4 N–H and O–H groups in total. The quantitative estimate of drug-likeness (QED) is 0.269. The molecule has 1 rings (SSSR count). The zero-order valence-corrected chi connectivity index (χ0v) is 10.6. The van der Waals surface area contributed by atoms with Gasteiger partial charge in [0.15, 0.2) is 0 Å². The molecule has 1 unspecified atom stereocenters. The lowest BCUT2D eigenvalue weighted by molar-refractivity contribution is 0.488. The standard InChI is InChI=1S/C12H26N4/c1-3-5-7-10(6-4-2)14-12(16-13)15-11-8-9-11/h10-11H,3-9,13H2,1-2H3,(H2,14,15,16).